The summed E-state index contributed by atoms with van der Waals surface area (Å²) in [4.78, 5) is 9.33. The van der Waals surface area contributed by atoms with Gasteiger partial charge in [0.25, 0.3) is 0 Å². The number of anilines is 1. The van der Waals surface area contributed by atoms with Gasteiger partial charge in [-0.25, -0.2) is 0 Å². The van der Waals surface area contributed by atoms with Crippen LogP contribution in [0.1, 0.15) is 31.2 Å². The van der Waals surface area contributed by atoms with E-state index in [0.29, 0.717) is 5.41 Å². The zero-order valence-corrected chi connectivity index (χ0v) is 14.7. The molecular weight excluding hydrogens is 296 g/mol. The van der Waals surface area contributed by atoms with Gasteiger partial charge in [0.05, 0.1) is 0 Å². The average molecular weight is 324 g/mol. The summed E-state index contributed by atoms with van der Waals surface area (Å²) in [5.74, 6) is 1.06. The molecule has 0 radical (unpaired) electrons. The molecule has 0 aromatic heterocycles. The van der Waals surface area contributed by atoms with Crippen molar-refractivity contribution in [1.29, 1.82) is 0 Å². The first-order valence-electron chi connectivity index (χ1n) is 9.23. The minimum Gasteiger partial charge on any atom is -0.364 e. The molecule has 0 atom stereocenters. The van der Waals surface area contributed by atoms with Crippen molar-refractivity contribution >= 4 is 11.6 Å². The molecule has 4 rings (SSSR count). The summed E-state index contributed by atoms with van der Waals surface area (Å²) in [5, 5.41) is 3.55. The molecule has 2 aliphatic heterocycles. The first kappa shape index (κ1) is 15.6. The highest BCUT2D eigenvalue weighted by Crippen LogP contribution is 2.47. The molecule has 0 unspecified atom stereocenters. The molecule has 24 heavy (non-hydrogen) atoms. The summed E-state index contributed by atoms with van der Waals surface area (Å²) in [6.07, 6.45) is 10.0. The predicted molar refractivity (Wildman–Crippen MR) is 100 cm³/mol. The van der Waals surface area contributed by atoms with Gasteiger partial charge in [0.2, 0.25) is 0 Å². The number of nitrogens with one attached hydrogen (secondary N) is 1. The van der Waals surface area contributed by atoms with Crippen LogP contribution in [0.2, 0.25) is 0 Å². The van der Waals surface area contributed by atoms with Gasteiger partial charge in [-0.15, -0.1) is 0 Å². The van der Waals surface area contributed by atoms with Crippen LogP contribution in [0.3, 0.4) is 0 Å². The lowest BCUT2D eigenvalue weighted by Crippen LogP contribution is -2.42. The third-order valence-electron chi connectivity index (χ3n) is 5.93. The van der Waals surface area contributed by atoms with Crippen LogP contribution >= 0.6 is 0 Å². The van der Waals surface area contributed by atoms with Crippen LogP contribution < -0.4 is 10.2 Å². The van der Waals surface area contributed by atoms with E-state index in [4.69, 9.17) is 0 Å². The third-order valence-corrected chi connectivity index (χ3v) is 5.93. The lowest BCUT2D eigenvalue weighted by atomic mass is 9.68. The molecule has 1 saturated carbocycles. The highest BCUT2D eigenvalue weighted by atomic mass is 15.3. The van der Waals surface area contributed by atoms with E-state index >= 15 is 0 Å². The number of hydrogen-bond donors (Lipinski definition) is 1. The van der Waals surface area contributed by atoms with Crippen LogP contribution in [0.15, 0.2) is 41.4 Å². The lowest BCUT2D eigenvalue weighted by molar-refractivity contribution is 0.151. The smallest absolute Gasteiger partial charge is 0.193 e. The molecule has 2 heterocycles. The van der Waals surface area contributed by atoms with Crippen LogP contribution in [-0.2, 0) is 6.54 Å². The third kappa shape index (κ3) is 3.02. The summed E-state index contributed by atoms with van der Waals surface area (Å²) in [6.45, 7) is 5.24. The minimum atomic E-state index is 0.614. The van der Waals surface area contributed by atoms with E-state index in [2.05, 4.69) is 56.5 Å². The Morgan fingerprint density at radius 2 is 1.88 bits per heavy atom. The van der Waals surface area contributed by atoms with Crippen LogP contribution in [0, 0.1) is 5.41 Å². The van der Waals surface area contributed by atoms with E-state index in [-0.39, 0.29) is 0 Å². The number of nitrogens with zero attached hydrogens (tertiary/aromatic N) is 3. The summed E-state index contributed by atoms with van der Waals surface area (Å²) in [6, 6.07) is 8.91. The van der Waals surface area contributed by atoms with Gasteiger partial charge in [-0.05, 0) is 42.4 Å². The second kappa shape index (κ2) is 6.50. The molecule has 128 valence electrons. The topological polar surface area (TPSA) is 30.9 Å². The van der Waals surface area contributed by atoms with E-state index < -0.39 is 0 Å². The molecule has 1 aliphatic carbocycles. The monoisotopic (exact) mass is 324 g/mol. The van der Waals surface area contributed by atoms with Gasteiger partial charge in [0, 0.05) is 45.5 Å². The van der Waals surface area contributed by atoms with Crippen molar-refractivity contribution < 1.29 is 0 Å². The molecule has 1 N–H and O–H groups in total. The molecular formula is C20H28N4. The zero-order valence-electron chi connectivity index (χ0n) is 14.7. The van der Waals surface area contributed by atoms with Gasteiger partial charge in [-0.2, -0.15) is 0 Å². The van der Waals surface area contributed by atoms with Crippen molar-refractivity contribution in [2.24, 2.45) is 10.4 Å². The van der Waals surface area contributed by atoms with Crippen molar-refractivity contribution in [2.45, 2.75) is 32.2 Å². The Hall–Kier alpha value is -1.97. The molecule has 1 aromatic rings. The van der Waals surface area contributed by atoms with Gasteiger partial charge < -0.3 is 15.1 Å². The number of rotatable bonds is 3. The minimum absolute atomic E-state index is 0.614. The fourth-order valence-electron chi connectivity index (χ4n) is 4.23. The van der Waals surface area contributed by atoms with Gasteiger partial charge in [-0.3, -0.25) is 4.99 Å². The van der Waals surface area contributed by atoms with E-state index in [1.165, 1.54) is 43.5 Å². The molecule has 3 aliphatic rings. The van der Waals surface area contributed by atoms with Crippen LogP contribution in [0.4, 0.5) is 5.69 Å². The van der Waals surface area contributed by atoms with E-state index in [0.717, 1.165) is 32.1 Å². The standard InChI is InChI=1S/C20H28N4/c1-21-19(24-14-11-20(16-24)9-4-10-20)22-15-17-5-7-18(8-6-17)23-12-2-3-13-23/h2-3,5-8H,4,9-16H2,1H3,(H,21,22). The number of likely N-dealkylation sites (tertiary alicyclic amines) is 1. The summed E-state index contributed by atoms with van der Waals surface area (Å²) in [7, 11) is 1.90. The quantitative estimate of drug-likeness (QED) is 0.527. The van der Waals surface area contributed by atoms with Gasteiger partial charge in [-0.1, -0.05) is 30.7 Å². The van der Waals surface area contributed by atoms with Crippen molar-refractivity contribution in [3.8, 4) is 0 Å². The van der Waals surface area contributed by atoms with Crippen molar-refractivity contribution in [2.75, 3.05) is 38.1 Å². The number of aliphatic imine (C=N–C) groups is 1. The van der Waals surface area contributed by atoms with E-state index in [9.17, 15) is 0 Å². The predicted octanol–water partition coefficient (Wildman–Crippen LogP) is 3.01. The average Bonchev–Trinajstić information content (AvgIpc) is 3.26. The molecule has 4 heteroatoms. The van der Waals surface area contributed by atoms with Crippen LogP contribution in [-0.4, -0.2) is 44.1 Å². The van der Waals surface area contributed by atoms with Gasteiger partial charge in [0.1, 0.15) is 0 Å². The summed E-state index contributed by atoms with van der Waals surface area (Å²) in [5.41, 5.74) is 3.23. The van der Waals surface area contributed by atoms with Gasteiger partial charge in [0.15, 0.2) is 5.96 Å². The Kier molecular flexibility index (Phi) is 4.21. The second-order valence-corrected chi connectivity index (χ2v) is 7.47. The van der Waals surface area contributed by atoms with Crippen LogP contribution in [0.25, 0.3) is 0 Å². The second-order valence-electron chi connectivity index (χ2n) is 7.47. The maximum absolute atomic E-state index is 4.50. The highest BCUT2D eigenvalue weighted by Gasteiger charge is 2.43. The Balaban J connectivity index is 1.32. The Labute approximate surface area is 145 Å². The van der Waals surface area contributed by atoms with Crippen molar-refractivity contribution in [3.05, 3.63) is 42.0 Å². The molecule has 1 saturated heterocycles. The lowest BCUT2D eigenvalue weighted by Gasteiger charge is -2.38. The zero-order chi connectivity index (χ0) is 16.4. The van der Waals surface area contributed by atoms with E-state index in [1.54, 1.807) is 0 Å². The molecule has 0 bridgehead atoms. The highest BCUT2D eigenvalue weighted by molar-refractivity contribution is 5.80. The Bertz CT molecular complexity index is 620. The normalized spacial score (nSPS) is 22.3. The van der Waals surface area contributed by atoms with Crippen LogP contribution in [0.5, 0.6) is 0 Å². The Morgan fingerprint density at radius 3 is 2.46 bits per heavy atom. The first-order chi connectivity index (χ1) is 11.8. The number of hydrogen-bond acceptors (Lipinski definition) is 2. The molecule has 1 aromatic carbocycles. The van der Waals surface area contributed by atoms with Gasteiger partial charge >= 0.3 is 0 Å². The first-order valence-corrected chi connectivity index (χ1v) is 9.23. The fourth-order valence-corrected chi connectivity index (χ4v) is 4.23. The molecule has 4 nitrogen and oxygen atoms in total. The number of guanidine groups is 1. The van der Waals surface area contributed by atoms with Crippen molar-refractivity contribution in [3.63, 3.8) is 0 Å². The van der Waals surface area contributed by atoms with Crippen molar-refractivity contribution in [1.82, 2.24) is 10.2 Å². The van der Waals surface area contributed by atoms with E-state index in [1.807, 2.05) is 7.05 Å². The Morgan fingerprint density at radius 1 is 1.12 bits per heavy atom. The molecule has 2 fully saturated rings. The maximum atomic E-state index is 4.50. The SMILES string of the molecule is CN=C(NCc1ccc(N2CC=CC2)cc1)N1CCC2(CCC2)C1. The largest absolute Gasteiger partial charge is 0.364 e. The number of benzene rings is 1. The fraction of sp³-hybridized carbons (Fsp3) is 0.550. The molecule has 0 amide bonds. The molecule has 1 spiro atoms. The summed E-state index contributed by atoms with van der Waals surface area (Å²) >= 11 is 0. The summed E-state index contributed by atoms with van der Waals surface area (Å²) < 4.78 is 0. The maximum Gasteiger partial charge on any atom is 0.193 e.